The van der Waals surface area contributed by atoms with E-state index in [4.69, 9.17) is 4.42 Å². The second kappa shape index (κ2) is 8.70. The molecule has 1 saturated heterocycles. The van der Waals surface area contributed by atoms with Gasteiger partial charge >= 0.3 is 5.63 Å². The third kappa shape index (κ3) is 3.70. The van der Waals surface area contributed by atoms with Crippen LogP contribution in [0.15, 0.2) is 27.6 Å². The maximum atomic E-state index is 12.5. The van der Waals surface area contributed by atoms with Crippen molar-refractivity contribution in [1.82, 2.24) is 9.80 Å². The second-order valence-corrected chi connectivity index (χ2v) is 13.5. The first-order valence-corrected chi connectivity index (χ1v) is 14.5. The van der Waals surface area contributed by atoms with Crippen molar-refractivity contribution < 1.29 is 9.52 Å². The Morgan fingerprint density at radius 1 is 0.943 bits per heavy atom. The maximum absolute atomic E-state index is 12.5. The highest BCUT2D eigenvalue weighted by atomic mass is 16.4. The molecule has 5 heteroatoms. The zero-order valence-electron chi connectivity index (χ0n) is 22.2. The summed E-state index contributed by atoms with van der Waals surface area (Å²) in [7, 11) is 2.27. The van der Waals surface area contributed by atoms with Crippen LogP contribution < -0.4 is 5.63 Å². The molecule has 0 aromatic carbocycles. The zero-order chi connectivity index (χ0) is 24.4. The van der Waals surface area contributed by atoms with Crippen molar-refractivity contribution in [1.29, 1.82) is 0 Å². The Bertz CT molecular complexity index is 974. The van der Waals surface area contributed by atoms with Crippen molar-refractivity contribution in [2.24, 2.45) is 28.6 Å². The van der Waals surface area contributed by atoms with Crippen LogP contribution in [0.1, 0.15) is 89.5 Å². The van der Waals surface area contributed by atoms with Gasteiger partial charge in [0.25, 0.3) is 0 Å². The molecule has 35 heavy (non-hydrogen) atoms. The lowest BCUT2D eigenvalue weighted by Gasteiger charge is -2.64. The minimum atomic E-state index is -0.600. The number of fused-ring (bicyclic) bond motifs is 5. The SMILES string of the molecule is CN1CCCN([C@H]2CC[C@@]3(C)[C@H](CC[C@@H]4[C@@H]3CC[C@]3(C)[C@@H](c5ccc(=O)oc5)CC[C@]43O)C2)CC1. The molecule has 194 valence electrons. The molecule has 1 aromatic rings. The third-order valence-electron chi connectivity index (χ3n) is 12.2. The molecule has 1 aliphatic heterocycles. The van der Waals surface area contributed by atoms with E-state index in [0.29, 0.717) is 17.3 Å². The lowest BCUT2D eigenvalue weighted by Crippen LogP contribution is -2.62. The molecule has 0 amide bonds. The Hall–Kier alpha value is -1.17. The summed E-state index contributed by atoms with van der Waals surface area (Å²) in [4.78, 5) is 16.9. The van der Waals surface area contributed by atoms with Crippen LogP contribution in [-0.4, -0.2) is 59.8 Å². The van der Waals surface area contributed by atoms with Gasteiger partial charge in [0.05, 0.1) is 11.9 Å². The highest BCUT2D eigenvalue weighted by Crippen LogP contribution is 2.70. The molecule has 6 rings (SSSR count). The molecule has 4 saturated carbocycles. The van der Waals surface area contributed by atoms with Gasteiger partial charge in [-0.1, -0.05) is 13.8 Å². The van der Waals surface area contributed by atoms with E-state index >= 15 is 0 Å². The fraction of sp³-hybridized carbons (Fsp3) is 0.833. The first-order valence-electron chi connectivity index (χ1n) is 14.5. The summed E-state index contributed by atoms with van der Waals surface area (Å²) in [5.74, 6) is 2.13. The molecule has 0 unspecified atom stereocenters. The van der Waals surface area contributed by atoms with E-state index in [1.54, 1.807) is 12.3 Å². The van der Waals surface area contributed by atoms with Crippen LogP contribution in [0.4, 0.5) is 0 Å². The Labute approximate surface area is 211 Å². The average Bonchev–Trinajstić information content (AvgIpc) is 2.97. The summed E-state index contributed by atoms with van der Waals surface area (Å²) < 4.78 is 5.25. The highest BCUT2D eigenvalue weighted by Gasteiger charge is 2.67. The van der Waals surface area contributed by atoms with Gasteiger partial charge in [-0.15, -0.1) is 0 Å². The van der Waals surface area contributed by atoms with Crippen molar-refractivity contribution in [3.63, 3.8) is 0 Å². The Morgan fingerprint density at radius 3 is 2.60 bits per heavy atom. The molecule has 8 atom stereocenters. The third-order valence-corrected chi connectivity index (χ3v) is 12.2. The maximum Gasteiger partial charge on any atom is 0.335 e. The van der Waals surface area contributed by atoms with Crippen molar-refractivity contribution in [3.05, 3.63) is 34.4 Å². The van der Waals surface area contributed by atoms with E-state index in [0.717, 1.165) is 36.8 Å². The fourth-order valence-electron chi connectivity index (χ4n) is 10.1. The summed E-state index contributed by atoms with van der Waals surface area (Å²) in [6.07, 6.45) is 13.7. The fourth-order valence-corrected chi connectivity index (χ4v) is 10.1. The first kappa shape index (κ1) is 24.2. The first-order chi connectivity index (χ1) is 16.7. The number of likely N-dealkylation sites (N-methyl/N-ethyl adjacent to an activating group) is 1. The topological polar surface area (TPSA) is 56.9 Å². The summed E-state index contributed by atoms with van der Waals surface area (Å²) in [6.45, 7) is 9.89. The van der Waals surface area contributed by atoms with Crippen molar-refractivity contribution in [3.8, 4) is 0 Å². The van der Waals surface area contributed by atoms with Crippen molar-refractivity contribution in [2.45, 2.75) is 95.6 Å². The molecule has 0 bridgehead atoms. The van der Waals surface area contributed by atoms with Crippen LogP contribution in [0.2, 0.25) is 0 Å². The standard InChI is InChI=1S/C30H46N2O3/c1-28-12-9-23(32-16-4-15-31(3)17-18-32)19-22(28)6-7-26-25(28)10-13-29(2)24(11-14-30(26,29)34)21-5-8-27(33)35-20-21/h5,8,20,22-26,34H,4,6-7,9-19H2,1-3H3/t22-,23+,24-,25+,26-,28+,29-,30+/m1/s1. The van der Waals surface area contributed by atoms with Gasteiger partial charge < -0.3 is 14.4 Å². The van der Waals surface area contributed by atoms with Gasteiger partial charge in [0.15, 0.2) is 0 Å². The van der Waals surface area contributed by atoms with Crippen LogP contribution in [0, 0.1) is 28.6 Å². The predicted molar refractivity (Wildman–Crippen MR) is 138 cm³/mol. The van der Waals surface area contributed by atoms with Gasteiger partial charge in [0.1, 0.15) is 0 Å². The quantitative estimate of drug-likeness (QED) is 0.651. The molecule has 1 aromatic heterocycles. The lowest BCUT2D eigenvalue weighted by molar-refractivity contribution is -0.203. The number of aliphatic hydroxyl groups is 1. The molecule has 4 aliphatic carbocycles. The second-order valence-electron chi connectivity index (χ2n) is 13.5. The zero-order valence-corrected chi connectivity index (χ0v) is 22.2. The number of nitrogens with zero attached hydrogens (tertiary/aromatic N) is 2. The lowest BCUT2D eigenvalue weighted by atomic mass is 9.43. The monoisotopic (exact) mass is 482 g/mol. The van der Waals surface area contributed by atoms with E-state index < -0.39 is 5.60 Å². The van der Waals surface area contributed by atoms with E-state index in [1.165, 1.54) is 71.1 Å². The van der Waals surface area contributed by atoms with Crippen LogP contribution >= 0.6 is 0 Å². The Kier molecular flexibility index (Phi) is 6.01. The molecule has 1 N–H and O–H groups in total. The van der Waals surface area contributed by atoms with Gasteiger partial charge in [-0.2, -0.15) is 0 Å². The summed E-state index contributed by atoms with van der Waals surface area (Å²) in [5, 5.41) is 12.5. The summed E-state index contributed by atoms with van der Waals surface area (Å²) in [6, 6.07) is 4.26. The molecule has 2 heterocycles. The smallest absolute Gasteiger partial charge is 0.335 e. The molecule has 5 aliphatic rings. The van der Waals surface area contributed by atoms with E-state index in [-0.39, 0.29) is 17.0 Å². The minimum absolute atomic E-state index is 0.132. The molecule has 0 radical (unpaired) electrons. The Morgan fingerprint density at radius 2 is 1.80 bits per heavy atom. The molecule has 0 spiro atoms. The average molecular weight is 483 g/mol. The van der Waals surface area contributed by atoms with E-state index in [2.05, 4.69) is 30.7 Å². The van der Waals surface area contributed by atoms with E-state index in [9.17, 15) is 9.90 Å². The normalized spacial score (nSPS) is 46.9. The highest BCUT2D eigenvalue weighted by molar-refractivity contribution is 5.27. The molecule has 5 nitrogen and oxygen atoms in total. The molecular weight excluding hydrogens is 436 g/mol. The van der Waals surface area contributed by atoms with E-state index in [1.807, 2.05) is 6.07 Å². The summed E-state index contributed by atoms with van der Waals surface area (Å²) in [5.41, 5.74) is 0.454. The number of hydrogen-bond acceptors (Lipinski definition) is 5. The van der Waals surface area contributed by atoms with Gasteiger partial charge in [0.2, 0.25) is 0 Å². The van der Waals surface area contributed by atoms with Gasteiger partial charge in [-0.3, -0.25) is 4.90 Å². The Balaban J connectivity index is 1.21. The van der Waals surface area contributed by atoms with Crippen molar-refractivity contribution >= 4 is 0 Å². The van der Waals surface area contributed by atoms with Crippen LogP contribution in [0.5, 0.6) is 0 Å². The largest absolute Gasteiger partial charge is 0.431 e. The van der Waals surface area contributed by atoms with Crippen LogP contribution in [0.3, 0.4) is 0 Å². The molecule has 5 fully saturated rings. The number of hydrogen-bond donors (Lipinski definition) is 1. The van der Waals surface area contributed by atoms with Crippen molar-refractivity contribution in [2.75, 3.05) is 33.2 Å². The van der Waals surface area contributed by atoms with Crippen LogP contribution in [0.25, 0.3) is 0 Å². The summed E-state index contributed by atoms with van der Waals surface area (Å²) >= 11 is 0. The van der Waals surface area contributed by atoms with Gasteiger partial charge in [0, 0.05) is 30.6 Å². The molecular formula is C30H46N2O3. The van der Waals surface area contributed by atoms with Gasteiger partial charge in [-0.25, -0.2) is 4.79 Å². The minimum Gasteiger partial charge on any atom is -0.431 e. The van der Waals surface area contributed by atoms with Crippen LogP contribution in [-0.2, 0) is 0 Å². The predicted octanol–water partition coefficient (Wildman–Crippen LogP) is 4.89. The number of rotatable bonds is 2. The van der Waals surface area contributed by atoms with Gasteiger partial charge in [-0.05, 0) is 125 Å².